The van der Waals surface area contributed by atoms with E-state index in [0.717, 1.165) is 19.5 Å². The SMILES string of the molecule is [C-]#[N+]C1=CC2(CCC1=O)CN(c1ccccc1C)C2. The molecule has 96 valence electrons. The summed E-state index contributed by atoms with van der Waals surface area (Å²) in [7, 11) is 0. The van der Waals surface area contributed by atoms with E-state index in [1.54, 1.807) is 0 Å². The zero-order chi connectivity index (χ0) is 13.5. The maximum atomic E-state index is 11.6. The number of aryl methyl sites for hydroxylation is 1. The highest BCUT2D eigenvalue weighted by Crippen LogP contribution is 2.43. The Hall–Kier alpha value is -2.08. The van der Waals surface area contributed by atoms with Gasteiger partial charge in [0.25, 0.3) is 0 Å². The van der Waals surface area contributed by atoms with Crippen LogP contribution in [-0.2, 0) is 4.79 Å². The van der Waals surface area contributed by atoms with Gasteiger partial charge in [-0.25, -0.2) is 4.85 Å². The minimum atomic E-state index is 0.00923. The number of nitrogens with zero attached hydrogens (tertiary/aromatic N) is 2. The van der Waals surface area contributed by atoms with Crippen LogP contribution < -0.4 is 4.90 Å². The molecule has 3 rings (SSSR count). The Kier molecular flexibility index (Phi) is 2.67. The highest BCUT2D eigenvalue weighted by Gasteiger charge is 2.44. The molecular weight excluding hydrogens is 236 g/mol. The van der Waals surface area contributed by atoms with Gasteiger partial charge in [0.05, 0.1) is 6.57 Å². The fourth-order valence-corrected chi connectivity index (χ4v) is 3.08. The van der Waals surface area contributed by atoms with Crippen molar-refractivity contribution in [3.8, 4) is 0 Å². The largest absolute Gasteiger partial charge is 0.370 e. The summed E-state index contributed by atoms with van der Waals surface area (Å²) in [5.41, 5.74) is 2.94. The lowest BCUT2D eigenvalue weighted by Crippen LogP contribution is -2.57. The molecule has 1 aliphatic carbocycles. The van der Waals surface area contributed by atoms with Gasteiger partial charge in [-0.05, 0) is 25.0 Å². The quantitative estimate of drug-likeness (QED) is 0.718. The van der Waals surface area contributed by atoms with E-state index in [0.29, 0.717) is 12.1 Å². The molecule has 0 atom stereocenters. The molecule has 3 nitrogen and oxygen atoms in total. The van der Waals surface area contributed by atoms with Gasteiger partial charge in [-0.1, -0.05) is 24.3 Å². The third kappa shape index (κ3) is 1.94. The number of hydrogen-bond donors (Lipinski definition) is 0. The second-order valence-electron chi connectivity index (χ2n) is 5.57. The molecular formula is C16H16N2O. The molecule has 1 saturated heterocycles. The average molecular weight is 252 g/mol. The monoisotopic (exact) mass is 252 g/mol. The number of para-hydroxylation sites is 1. The number of anilines is 1. The molecule has 1 aromatic rings. The number of Topliss-reactive ketones (excluding diaryl/α,β-unsaturated/α-hetero) is 1. The van der Waals surface area contributed by atoms with Crippen LogP contribution >= 0.6 is 0 Å². The number of carbonyl (C=O) groups excluding carboxylic acids is 1. The van der Waals surface area contributed by atoms with E-state index < -0.39 is 0 Å². The van der Waals surface area contributed by atoms with E-state index in [4.69, 9.17) is 6.57 Å². The normalized spacial score (nSPS) is 20.7. The first-order chi connectivity index (χ1) is 9.13. The Bertz CT molecular complexity index is 603. The van der Waals surface area contributed by atoms with Crippen LogP contribution in [0.2, 0.25) is 0 Å². The summed E-state index contributed by atoms with van der Waals surface area (Å²) in [5.74, 6) is 0.00923. The zero-order valence-electron chi connectivity index (χ0n) is 11.0. The molecule has 0 radical (unpaired) electrons. The third-order valence-electron chi connectivity index (χ3n) is 4.17. The smallest absolute Gasteiger partial charge is 0.226 e. The van der Waals surface area contributed by atoms with Crippen molar-refractivity contribution in [2.75, 3.05) is 18.0 Å². The van der Waals surface area contributed by atoms with Crippen LogP contribution in [-0.4, -0.2) is 18.9 Å². The Labute approximate surface area is 113 Å². The lowest BCUT2D eigenvalue weighted by Gasteiger charge is -2.52. The van der Waals surface area contributed by atoms with Crippen molar-refractivity contribution in [2.45, 2.75) is 19.8 Å². The van der Waals surface area contributed by atoms with Gasteiger partial charge in [-0.2, -0.15) is 0 Å². The molecule has 1 heterocycles. The van der Waals surface area contributed by atoms with Crippen molar-refractivity contribution in [3.05, 3.63) is 53.0 Å². The number of carbonyl (C=O) groups is 1. The van der Waals surface area contributed by atoms with Crippen LogP contribution in [0, 0.1) is 18.9 Å². The average Bonchev–Trinajstić information content (AvgIpc) is 2.38. The number of ketones is 1. The van der Waals surface area contributed by atoms with Gasteiger partial charge in [0.15, 0.2) is 5.78 Å². The molecule has 0 unspecified atom stereocenters. The number of allylic oxidation sites excluding steroid dienone is 1. The van der Waals surface area contributed by atoms with E-state index in [-0.39, 0.29) is 11.2 Å². The first-order valence-corrected chi connectivity index (χ1v) is 6.58. The number of benzene rings is 1. The number of rotatable bonds is 1. The van der Waals surface area contributed by atoms with E-state index in [1.807, 2.05) is 12.1 Å². The summed E-state index contributed by atoms with van der Waals surface area (Å²) < 4.78 is 0. The maximum Gasteiger partial charge on any atom is 0.226 e. The van der Waals surface area contributed by atoms with Crippen LogP contribution in [0.1, 0.15) is 18.4 Å². The third-order valence-corrected chi connectivity index (χ3v) is 4.17. The van der Waals surface area contributed by atoms with Crippen molar-refractivity contribution in [1.29, 1.82) is 0 Å². The topological polar surface area (TPSA) is 24.7 Å². The predicted molar refractivity (Wildman–Crippen MR) is 74.8 cm³/mol. The number of hydrogen-bond acceptors (Lipinski definition) is 2. The standard InChI is InChI=1S/C16H16N2O/c1-12-5-3-4-6-14(12)18-10-16(11-18)8-7-15(19)13(9-16)17-2/h3-6,9H,7-8,10-11H2,1H3. The second kappa shape index (κ2) is 4.24. The summed E-state index contributed by atoms with van der Waals surface area (Å²) in [4.78, 5) is 17.3. The van der Waals surface area contributed by atoms with E-state index in [2.05, 4.69) is 34.9 Å². The molecule has 3 heteroatoms. The molecule has 19 heavy (non-hydrogen) atoms. The van der Waals surface area contributed by atoms with Crippen LogP contribution in [0.15, 0.2) is 36.0 Å². The lowest BCUT2D eigenvalue weighted by molar-refractivity contribution is -0.116. The molecule has 1 aromatic carbocycles. The minimum absolute atomic E-state index is 0.00923. The molecule has 0 amide bonds. The second-order valence-corrected chi connectivity index (χ2v) is 5.57. The Balaban J connectivity index is 1.80. The maximum absolute atomic E-state index is 11.6. The van der Waals surface area contributed by atoms with Gasteiger partial charge in [0.1, 0.15) is 0 Å². The van der Waals surface area contributed by atoms with Gasteiger partial charge in [-0.3, -0.25) is 0 Å². The summed E-state index contributed by atoms with van der Waals surface area (Å²) in [5, 5.41) is 0. The van der Waals surface area contributed by atoms with Gasteiger partial charge < -0.3 is 9.69 Å². The van der Waals surface area contributed by atoms with Crippen LogP contribution in [0.25, 0.3) is 4.85 Å². The molecule has 1 aliphatic heterocycles. The van der Waals surface area contributed by atoms with Gasteiger partial charge in [-0.15, -0.1) is 0 Å². The molecule has 0 N–H and O–H groups in total. The van der Waals surface area contributed by atoms with Crippen molar-refractivity contribution >= 4 is 11.5 Å². The van der Waals surface area contributed by atoms with Crippen molar-refractivity contribution in [2.24, 2.45) is 5.41 Å². The highest BCUT2D eigenvalue weighted by molar-refractivity contribution is 5.98. The highest BCUT2D eigenvalue weighted by atomic mass is 16.1. The van der Waals surface area contributed by atoms with Crippen LogP contribution in [0.4, 0.5) is 5.69 Å². The fourth-order valence-electron chi connectivity index (χ4n) is 3.08. The lowest BCUT2D eigenvalue weighted by atomic mass is 9.71. The van der Waals surface area contributed by atoms with Crippen LogP contribution in [0.5, 0.6) is 0 Å². The Morgan fingerprint density at radius 1 is 1.32 bits per heavy atom. The van der Waals surface area contributed by atoms with E-state index in [9.17, 15) is 4.79 Å². The van der Waals surface area contributed by atoms with E-state index >= 15 is 0 Å². The molecule has 0 aromatic heterocycles. The minimum Gasteiger partial charge on any atom is -0.370 e. The zero-order valence-corrected chi connectivity index (χ0v) is 11.0. The summed E-state index contributed by atoms with van der Waals surface area (Å²) in [6.45, 7) is 11.0. The van der Waals surface area contributed by atoms with Crippen molar-refractivity contribution in [1.82, 2.24) is 0 Å². The Morgan fingerprint density at radius 2 is 2.05 bits per heavy atom. The molecule has 1 fully saturated rings. The summed E-state index contributed by atoms with van der Waals surface area (Å²) >= 11 is 0. The first-order valence-electron chi connectivity index (χ1n) is 6.58. The molecule has 1 spiro atoms. The van der Waals surface area contributed by atoms with Crippen molar-refractivity contribution in [3.63, 3.8) is 0 Å². The van der Waals surface area contributed by atoms with Gasteiger partial charge >= 0.3 is 0 Å². The summed E-state index contributed by atoms with van der Waals surface area (Å²) in [6.07, 6.45) is 3.32. The molecule has 0 bridgehead atoms. The molecule has 0 saturated carbocycles. The van der Waals surface area contributed by atoms with Crippen molar-refractivity contribution < 1.29 is 4.79 Å². The Morgan fingerprint density at radius 3 is 2.74 bits per heavy atom. The fraction of sp³-hybridized carbons (Fsp3) is 0.375. The van der Waals surface area contributed by atoms with Crippen LogP contribution in [0.3, 0.4) is 0 Å². The van der Waals surface area contributed by atoms with E-state index in [1.165, 1.54) is 11.3 Å². The summed E-state index contributed by atoms with van der Waals surface area (Å²) in [6, 6.07) is 8.35. The van der Waals surface area contributed by atoms with Gasteiger partial charge in [0.2, 0.25) is 5.70 Å². The first kappa shape index (κ1) is 12.0. The predicted octanol–water partition coefficient (Wildman–Crippen LogP) is 2.97. The van der Waals surface area contributed by atoms with Gasteiger partial charge in [0, 0.05) is 30.6 Å². The molecule has 2 aliphatic rings.